The van der Waals surface area contributed by atoms with Gasteiger partial charge in [0.1, 0.15) is 0 Å². The van der Waals surface area contributed by atoms with Crippen molar-refractivity contribution in [3.05, 3.63) is 23.8 Å². The molecule has 2 N–H and O–H groups in total. The predicted molar refractivity (Wildman–Crippen MR) is 71.0 cm³/mol. The van der Waals surface area contributed by atoms with Crippen LogP contribution in [0.2, 0.25) is 0 Å². The molecule has 0 saturated carbocycles. The molecule has 0 radical (unpaired) electrons. The van der Waals surface area contributed by atoms with Crippen LogP contribution in [-0.4, -0.2) is 11.9 Å². The van der Waals surface area contributed by atoms with Crippen LogP contribution in [0.1, 0.15) is 33.3 Å². The third kappa shape index (κ3) is 2.02. The second kappa shape index (κ2) is 3.76. The number of nitrogen functional groups attached to an aromatic ring is 1. The summed E-state index contributed by atoms with van der Waals surface area (Å²) in [5.74, 6) is 0.105. The van der Waals surface area contributed by atoms with Crippen molar-refractivity contribution in [2.45, 2.75) is 40.2 Å². The number of fused-ring (bicyclic) bond motifs is 1. The lowest BCUT2D eigenvalue weighted by Gasteiger charge is -2.34. The predicted octanol–water partition coefficient (Wildman–Crippen LogP) is 2.59. The van der Waals surface area contributed by atoms with Gasteiger partial charge in [-0.15, -0.1) is 0 Å². The van der Waals surface area contributed by atoms with Crippen molar-refractivity contribution in [1.29, 1.82) is 0 Å². The van der Waals surface area contributed by atoms with Crippen LogP contribution >= 0.6 is 0 Å². The van der Waals surface area contributed by atoms with Gasteiger partial charge in [-0.2, -0.15) is 0 Å². The van der Waals surface area contributed by atoms with Gasteiger partial charge in [-0.1, -0.05) is 20.8 Å². The lowest BCUT2D eigenvalue weighted by atomic mass is 9.84. The monoisotopic (exact) mass is 232 g/mol. The number of hydrogen-bond acceptors (Lipinski definition) is 2. The van der Waals surface area contributed by atoms with Crippen molar-refractivity contribution in [2.24, 2.45) is 5.41 Å². The first kappa shape index (κ1) is 12.0. The summed E-state index contributed by atoms with van der Waals surface area (Å²) < 4.78 is 0. The zero-order chi connectivity index (χ0) is 12.8. The van der Waals surface area contributed by atoms with Crippen LogP contribution in [-0.2, 0) is 11.2 Å². The maximum Gasteiger partial charge on any atom is 0.224 e. The summed E-state index contributed by atoms with van der Waals surface area (Å²) in [7, 11) is 0. The van der Waals surface area contributed by atoms with E-state index in [0.29, 0.717) is 0 Å². The fourth-order valence-electron chi connectivity index (χ4n) is 2.55. The first-order valence-corrected chi connectivity index (χ1v) is 5.99. The summed E-state index contributed by atoms with van der Waals surface area (Å²) in [6, 6.07) is 6.02. The Labute approximate surface area is 103 Å². The van der Waals surface area contributed by atoms with E-state index in [1.165, 1.54) is 5.56 Å². The zero-order valence-electron chi connectivity index (χ0n) is 10.9. The van der Waals surface area contributed by atoms with Crippen LogP contribution in [0.15, 0.2) is 18.2 Å². The van der Waals surface area contributed by atoms with E-state index >= 15 is 0 Å². The number of benzene rings is 1. The number of nitrogens with zero attached hydrogens (tertiary/aromatic N) is 1. The number of hydrogen-bond donors (Lipinski definition) is 1. The Balaban J connectivity index is 2.48. The third-order valence-corrected chi connectivity index (χ3v) is 3.43. The maximum atomic E-state index is 11.8. The van der Waals surface area contributed by atoms with Gasteiger partial charge in [0.05, 0.1) is 0 Å². The Bertz CT molecular complexity index is 460. The van der Waals surface area contributed by atoms with Gasteiger partial charge in [0.2, 0.25) is 5.91 Å². The molecule has 1 aliphatic rings. The van der Waals surface area contributed by atoms with E-state index in [2.05, 4.69) is 20.8 Å². The summed E-state index contributed by atoms with van der Waals surface area (Å²) in [5, 5.41) is 0. The second-order valence-corrected chi connectivity index (χ2v) is 5.86. The van der Waals surface area contributed by atoms with Crippen molar-refractivity contribution in [3.8, 4) is 0 Å². The Kier molecular flexibility index (Phi) is 2.64. The summed E-state index contributed by atoms with van der Waals surface area (Å²) in [5.41, 5.74) is 8.84. The number of carbonyl (C=O) groups is 1. The molecule has 92 valence electrons. The molecule has 1 atom stereocenters. The number of nitrogens with two attached hydrogens (primary N) is 1. The Hall–Kier alpha value is -1.51. The molecule has 0 aliphatic carbocycles. The lowest BCUT2D eigenvalue weighted by Crippen LogP contribution is -2.44. The molecule has 0 fully saturated rings. The molecule has 1 heterocycles. The van der Waals surface area contributed by atoms with E-state index < -0.39 is 0 Å². The fourth-order valence-corrected chi connectivity index (χ4v) is 2.55. The summed E-state index contributed by atoms with van der Waals surface area (Å²) in [4.78, 5) is 13.8. The Morgan fingerprint density at radius 1 is 1.41 bits per heavy atom. The molecule has 1 aromatic rings. The van der Waals surface area contributed by atoms with E-state index in [-0.39, 0.29) is 17.4 Å². The molecule has 2 rings (SSSR count). The molecule has 0 aromatic heterocycles. The minimum atomic E-state index is 0.0689. The molecule has 0 unspecified atom stereocenters. The molecule has 3 heteroatoms. The summed E-state index contributed by atoms with van der Waals surface area (Å²) in [6.45, 7) is 8.14. The highest BCUT2D eigenvalue weighted by atomic mass is 16.2. The van der Waals surface area contributed by atoms with Crippen molar-refractivity contribution in [3.63, 3.8) is 0 Å². The number of carbonyl (C=O) groups excluding carboxylic acids is 1. The highest BCUT2D eigenvalue weighted by Gasteiger charge is 2.39. The van der Waals surface area contributed by atoms with Crippen LogP contribution in [0.5, 0.6) is 0 Å². The molecule has 0 spiro atoms. The van der Waals surface area contributed by atoms with Crippen molar-refractivity contribution >= 4 is 17.3 Å². The van der Waals surface area contributed by atoms with E-state index in [0.717, 1.165) is 17.8 Å². The highest BCUT2D eigenvalue weighted by Crippen LogP contribution is 2.40. The van der Waals surface area contributed by atoms with Crippen LogP contribution < -0.4 is 10.6 Å². The SMILES string of the molecule is CC(=O)N1c2ccc(N)cc2C[C@H]1C(C)(C)C. The van der Waals surface area contributed by atoms with E-state index in [1.54, 1.807) is 6.92 Å². The molecule has 1 aliphatic heterocycles. The van der Waals surface area contributed by atoms with Gasteiger partial charge in [-0.3, -0.25) is 4.79 Å². The lowest BCUT2D eigenvalue weighted by molar-refractivity contribution is -0.117. The van der Waals surface area contributed by atoms with Gasteiger partial charge in [0.25, 0.3) is 0 Å². The van der Waals surface area contributed by atoms with Crippen LogP contribution in [0, 0.1) is 5.41 Å². The quantitative estimate of drug-likeness (QED) is 0.699. The van der Waals surface area contributed by atoms with E-state index in [9.17, 15) is 4.79 Å². The normalized spacial score (nSPS) is 19.3. The molecule has 0 bridgehead atoms. The zero-order valence-corrected chi connectivity index (χ0v) is 10.9. The third-order valence-electron chi connectivity index (χ3n) is 3.43. The fraction of sp³-hybridized carbons (Fsp3) is 0.500. The smallest absolute Gasteiger partial charge is 0.224 e. The van der Waals surface area contributed by atoms with Crippen LogP contribution in [0.4, 0.5) is 11.4 Å². The van der Waals surface area contributed by atoms with Crippen molar-refractivity contribution in [2.75, 3.05) is 10.6 Å². The van der Waals surface area contributed by atoms with Crippen LogP contribution in [0.25, 0.3) is 0 Å². The van der Waals surface area contributed by atoms with Gasteiger partial charge < -0.3 is 10.6 Å². The van der Waals surface area contributed by atoms with Crippen molar-refractivity contribution in [1.82, 2.24) is 0 Å². The molecule has 1 amide bonds. The molecule has 1 aromatic carbocycles. The molecule has 3 nitrogen and oxygen atoms in total. The van der Waals surface area contributed by atoms with E-state index in [4.69, 9.17) is 5.73 Å². The largest absolute Gasteiger partial charge is 0.399 e. The van der Waals surface area contributed by atoms with Gasteiger partial charge in [-0.25, -0.2) is 0 Å². The standard InChI is InChI=1S/C14H20N2O/c1-9(17)16-12-6-5-11(15)7-10(12)8-13(16)14(2,3)4/h5-7,13H,8,15H2,1-4H3/t13-/m0/s1. The molecular weight excluding hydrogens is 212 g/mol. The van der Waals surface area contributed by atoms with Gasteiger partial charge in [-0.05, 0) is 35.6 Å². The second-order valence-electron chi connectivity index (χ2n) is 5.86. The number of rotatable bonds is 0. The Morgan fingerprint density at radius 2 is 2.06 bits per heavy atom. The summed E-state index contributed by atoms with van der Waals surface area (Å²) in [6.07, 6.45) is 0.892. The average Bonchev–Trinajstić information content (AvgIpc) is 2.55. The van der Waals surface area contributed by atoms with Gasteiger partial charge >= 0.3 is 0 Å². The van der Waals surface area contributed by atoms with Crippen molar-refractivity contribution < 1.29 is 4.79 Å². The van der Waals surface area contributed by atoms with Crippen LogP contribution in [0.3, 0.4) is 0 Å². The summed E-state index contributed by atoms with van der Waals surface area (Å²) >= 11 is 0. The van der Waals surface area contributed by atoms with Gasteiger partial charge in [0.15, 0.2) is 0 Å². The minimum Gasteiger partial charge on any atom is -0.399 e. The Morgan fingerprint density at radius 3 is 2.59 bits per heavy atom. The molecule has 0 saturated heterocycles. The first-order valence-electron chi connectivity index (χ1n) is 5.99. The first-order chi connectivity index (χ1) is 7.80. The number of anilines is 2. The number of amides is 1. The van der Waals surface area contributed by atoms with E-state index in [1.807, 2.05) is 23.1 Å². The topological polar surface area (TPSA) is 46.3 Å². The minimum absolute atomic E-state index is 0.0689. The molecular formula is C14H20N2O. The van der Waals surface area contributed by atoms with Gasteiger partial charge in [0, 0.05) is 24.3 Å². The average molecular weight is 232 g/mol. The molecule has 17 heavy (non-hydrogen) atoms. The maximum absolute atomic E-state index is 11.8. The highest BCUT2D eigenvalue weighted by molar-refractivity contribution is 5.95.